The van der Waals surface area contributed by atoms with Crippen LogP contribution in [-0.2, 0) is 23.7 Å². The average molecular weight is 465 g/mol. The molecule has 33 heavy (non-hydrogen) atoms. The Labute approximate surface area is 197 Å². The Morgan fingerprint density at radius 3 is 2.61 bits per heavy atom. The molecule has 8 heteroatoms. The zero-order valence-corrected chi connectivity index (χ0v) is 20.8. The molecule has 2 spiro atoms. The van der Waals surface area contributed by atoms with Crippen molar-refractivity contribution in [2.75, 3.05) is 53.0 Å². The maximum absolute atomic E-state index is 13.0. The maximum Gasteiger partial charge on any atom is 0.410 e. The Morgan fingerprint density at radius 1 is 1.21 bits per heavy atom. The number of carbonyl (C=O) groups excluding carboxylic acids is 1. The van der Waals surface area contributed by atoms with Gasteiger partial charge < -0.3 is 28.6 Å². The van der Waals surface area contributed by atoms with Crippen molar-refractivity contribution in [3.63, 3.8) is 0 Å². The zero-order valence-electron chi connectivity index (χ0n) is 20.8. The van der Waals surface area contributed by atoms with E-state index in [9.17, 15) is 4.79 Å². The number of hydrogen-bond donors (Lipinski definition) is 0. The van der Waals surface area contributed by atoms with Gasteiger partial charge in [0.25, 0.3) is 0 Å². The molecule has 1 aliphatic carbocycles. The van der Waals surface area contributed by atoms with E-state index in [2.05, 4.69) is 38.7 Å². The van der Waals surface area contributed by atoms with E-state index in [1.165, 1.54) is 5.57 Å². The molecular weight excluding hydrogens is 424 g/mol. The highest BCUT2D eigenvalue weighted by Crippen LogP contribution is 2.59. The van der Waals surface area contributed by atoms with Crippen molar-refractivity contribution < 1.29 is 28.5 Å². The fourth-order valence-corrected chi connectivity index (χ4v) is 6.44. The second-order valence-corrected chi connectivity index (χ2v) is 11.1. The van der Waals surface area contributed by atoms with Gasteiger partial charge in [0.15, 0.2) is 0 Å². The van der Waals surface area contributed by atoms with Crippen LogP contribution in [0.1, 0.15) is 47.0 Å². The van der Waals surface area contributed by atoms with Crippen LogP contribution in [0.25, 0.3) is 0 Å². The molecule has 1 amide bonds. The Hall–Kier alpha value is -1.19. The summed E-state index contributed by atoms with van der Waals surface area (Å²) in [5.41, 5.74) is 0.524. The van der Waals surface area contributed by atoms with Gasteiger partial charge in [-0.3, -0.25) is 4.90 Å². The molecule has 1 saturated carbocycles. The maximum atomic E-state index is 13.0. The second kappa shape index (κ2) is 8.48. The van der Waals surface area contributed by atoms with Crippen molar-refractivity contribution in [3.05, 3.63) is 11.6 Å². The van der Waals surface area contributed by atoms with Gasteiger partial charge in [-0.2, -0.15) is 0 Å². The number of epoxide rings is 2. The Bertz CT molecular complexity index is 788. The summed E-state index contributed by atoms with van der Waals surface area (Å²) < 4.78 is 30.4. The number of allylic oxidation sites excluding steroid dienone is 1. The van der Waals surface area contributed by atoms with E-state index < -0.39 is 0 Å². The number of likely N-dealkylation sites (N-methyl/N-ethyl adjacent to an activating group) is 1. The van der Waals surface area contributed by atoms with E-state index in [4.69, 9.17) is 23.7 Å². The van der Waals surface area contributed by atoms with Crippen LogP contribution in [0.3, 0.4) is 0 Å². The van der Waals surface area contributed by atoms with Crippen LogP contribution in [0.5, 0.6) is 0 Å². The lowest BCUT2D eigenvalue weighted by molar-refractivity contribution is -0.181. The number of amides is 1. The third-order valence-corrected chi connectivity index (χ3v) is 8.48. The largest absolute Gasteiger partial charge is 0.443 e. The summed E-state index contributed by atoms with van der Waals surface area (Å²) >= 11 is 0. The van der Waals surface area contributed by atoms with Crippen LogP contribution in [0.15, 0.2) is 11.6 Å². The molecular formula is C25H40N2O6. The third kappa shape index (κ3) is 4.22. The van der Waals surface area contributed by atoms with Crippen LogP contribution in [-0.4, -0.2) is 104 Å². The number of likely N-dealkylation sites (tertiary alicyclic amines) is 1. The summed E-state index contributed by atoms with van der Waals surface area (Å²) in [4.78, 5) is 17.2. The standard InChI is InChI=1S/C25H40N2O6/c1-6-26-11-12-30-24(13-26)14-27(15-24)22(28)32-18-9-10-25(16-31-25)21(20(18)29-5)23(4)19(33-23)8-7-17(2)3/h7,18-21H,6,8-16H2,1-5H3/t18?,19-,20?,21?,23+,25?/m1/s1. The SMILES string of the molecule is CCN1CCOC2(C1)CN(C(=O)OC1CCC3(CO3)C([C@@]3(C)O[C@@H]3CC=C(C)C)C1OC)C2. The van der Waals surface area contributed by atoms with Crippen LogP contribution in [0.2, 0.25) is 0 Å². The van der Waals surface area contributed by atoms with Gasteiger partial charge in [0.05, 0.1) is 38.3 Å². The fraction of sp³-hybridized carbons (Fsp3) is 0.880. The fourth-order valence-electron chi connectivity index (χ4n) is 6.44. The minimum absolute atomic E-state index is 0.0413. The van der Waals surface area contributed by atoms with Crippen LogP contribution >= 0.6 is 0 Å². The highest BCUT2D eigenvalue weighted by molar-refractivity contribution is 5.69. The first-order valence-corrected chi connectivity index (χ1v) is 12.5. The Kier molecular flexibility index (Phi) is 6.05. The summed E-state index contributed by atoms with van der Waals surface area (Å²) in [5, 5.41) is 0. The average Bonchev–Trinajstić information content (AvgIpc) is 3.69. The first kappa shape index (κ1) is 23.5. The van der Waals surface area contributed by atoms with Crippen LogP contribution in [0, 0.1) is 5.92 Å². The van der Waals surface area contributed by atoms with E-state index in [-0.39, 0.29) is 47.1 Å². The predicted molar refractivity (Wildman–Crippen MR) is 122 cm³/mol. The lowest BCUT2D eigenvalue weighted by Crippen LogP contribution is -2.71. The van der Waals surface area contributed by atoms with Crippen molar-refractivity contribution in [2.45, 2.75) is 82.1 Å². The molecule has 0 aromatic rings. The molecule has 4 heterocycles. The highest BCUT2D eigenvalue weighted by atomic mass is 16.6. The van der Waals surface area contributed by atoms with E-state index >= 15 is 0 Å². The van der Waals surface area contributed by atoms with Gasteiger partial charge in [0.1, 0.15) is 29.0 Å². The molecule has 0 N–H and O–H groups in total. The van der Waals surface area contributed by atoms with Gasteiger partial charge in [-0.05, 0) is 46.6 Å². The number of rotatable bonds is 6. The van der Waals surface area contributed by atoms with Crippen molar-refractivity contribution in [3.8, 4) is 0 Å². The third-order valence-electron chi connectivity index (χ3n) is 8.48. The van der Waals surface area contributed by atoms with Crippen molar-refractivity contribution in [2.24, 2.45) is 5.92 Å². The molecule has 5 fully saturated rings. The minimum Gasteiger partial charge on any atom is -0.443 e. The van der Waals surface area contributed by atoms with Gasteiger partial charge in [0.2, 0.25) is 0 Å². The van der Waals surface area contributed by atoms with Crippen molar-refractivity contribution in [1.29, 1.82) is 0 Å². The summed E-state index contributed by atoms with van der Waals surface area (Å²) in [5.74, 6) is 0.0413. The Balaban J connectivity index is 1.22. The lowest BCUT2D eigenvalue weighted by atomic mass is 9.68. The highest BCUT2D eigenvalue weighted by Gasteiger charge is 2.72. The van der Waals surface area contributed by atoms with Gasteiger partial charge in [-0.25, -0.2) is 4.79 Å². The number of morpholine rings is 1. The molecule has 0 aromatic heterocycles. The Morgan fingerprint density at radius 2 is 1.97 bits per heavy atom. The molecule has 8 nitrogen and oxygen atoms in total. The molecule has 4 unspecified atom stereocenters. The zero-order chi connectivity index (χ0) is 23.4. The molecule has 0 aromatic carbocycles. The summed E-state index contributed by atoms with van der Waals surface area (Å²) in [7, 11) is 1.71. The monoisotopic (exact) mass is 464 g/mol. The van der Waals surface area contributed by atoms with Crippen molar-refractivity contribution >= 4 is 6.09 Å². The number of hydrogen-bond acceptors (Lipinski definition) is 7. The summed E-state index contributed by atoms with van der Waals surface area (Å²) in [6.45, 7) is 14.0. The van der Waals surface area contributed by atoms with E-state index in [1.807, 2.05) is 0 Å². The number of carbonyl (C=O) groups is 1. The van der Waals surface area contributed by atoms with E-state index in [1.54, 1.807) is 12.0 Å². The molecule has 0 radical (unpaired) electrons. The molecule has 186 valence electrons. The topological polar surface area (TPSA) is 76.3 Å². The van der Waals surface area contributed by atoms with E-state index in [0.717, 1.165) is 52.1 Å². The first-order chi connectivity index (χ1) is 15.7. The molecule has 4 aliphatic heterocycles. The molecule has 0 bridgehead atoms. The van der Waals surface area contributed by atoms with Gasteiger partial charge in [-0.15, -0.1) is 0 Å². The predicted octanol–water partition coefficient (Wildman–Crippen LogP) is 2.61. The van der Waals surface area contributed by atoms with E-state index in [0.29, 0.717) is 13.1 Å². The molecule has 5 rings (SSSR count). The summed E-state index contributed by atoms with van der Waals surface area (Å²) in [6.07, 6.45) is 4.05. The smallest absolute Gasteiger partial charge is 0.410 e. The van der Waals surface area contributed by atoms with Crippen LogP contribution in [0.4, 0.5) is 4.79 Å². The molecule has 4 saturated heterocycles. The number of ether oxygens (including phenoxy) is 5. The van der Waals surface area contributed by atoms with Gasteiger partial charge in [-0.1, -0.05) is 18.6 Å². The number of nitrogens with zero attached hydrogens (tertiary/aromatic N) is 2. The second-order valence-electron chi connectivity index (χ2n) is 11.1. The normalized spacial score (nSPS) is 41.5. The minimum atomic E-state index is -0.325. The summed E-state index contributed by atoms with van der Waals surface area (Å²) in [6, 6.07) is 0. The first-order valence-electron chi connectivity index (χ1n) is 12.5. The van der Waals surface area contributed by atoms with Crippen LogP contribution < -0.4 is 0 Å². The number of methoxy groups -OCH3 is 1. The quantitative estimate of drug-likeness (QED) is 0.442. The lowest BCUT2D eigenvalue weighted by Gasteiger charge is -2.53. The van der Waals surface area contributed by atoms with Gasteiger partial charge >= 0.3 is 6.09 Å². The molecule has 6 atom stereocenters. The van der Waals surface area contributed by atoms with Crippen molar-refractivity contribution in [1.82, 2.24) is 9.80 Å². The van der Waals surface area contributed by atoms with Gasteiger partial charge in [0, 0.05) is 20.2 Å². The molecule has 5 aliphatic rings.